The van der Waals surface area contributed by atoms with Crippen LogP contribution in [0.2, 0.25) is 5.02 Å². The molecular formula is C22H15ClN2O4S. The Morgan fingerprint density at radius 2 is 1.90 bits per heavy atom. The summed E-state index contributed by atoms with van der Waals surface area (Å²) in [5, 5.41) is 3.64. The third-order valence-corrected chi connectivity index (χ3v) is 5.45. The Bertz CT molecular complexity index is 1200. The van der Waals surface area contributed by atoms with E-state index in [-0.39, 0.29) is 5.91 Å². The molecule has 0 spiro atoms. The highest BCUT2D eigenvalue weighted by molar-refractivity contribution is 8.18. The fourth-order valence-electron chi connectivity index (χ4n) is 2.82. The van der Waals surface area contributed by atoms with Crippen molar-refractivity contribution in [1.82, 2.24) is 5.32 Å². The van der Waals surface area contributed by atoms with Crippen molar-refractivity contribution in [1.29, 1.82) is 0 Å². The summed E-state index contributed by atoms with van der Waals surface area (Å²) >= 11 is 7.31. The van der Waals surface area contributed by atoms with Crippen LogP contribution in [0.25, 0.3) is 17.4 Å². The molecule has 1 aliphatic heterocycles. The Kier molecular flexibility index (Phi) is 5.74. The molecule has 0 radical (unpaired) electrons. The second-order valence-corrected chi connectivity index (χ2v) is 7.61. The molecule has 1 amide bonds. The summed E-state index contributed by atoms with van der Waals surface area (Å²) in [7, 11) is 1.33. The van der Waals surface area contributed by atoms with Gasteiger partial charge in [-0.2, -0.15) is 0 Å². The van der Waals surface area contributed by atoms with Crippen molar-refractivity contribution in [2.75, 3.05) is 7.11 Å². The third kappa shape index (κ3) is 4.17. The molecule has 150 valence electrons. The van der Waals surface area contributed by atoms with Gasteiger partial charge >= 0.3 is 5.97 Å². The van der Waals surface area contributed by atoms with Crippen LogP contribution in [0.15, 0.2) is 75.0 Å². The second kappa shape index (κ2) is 8.61. The largest absolute Gasteiger partial charge is 0.465 e. The minimum Gasteiger partial charge on any atom is -0.465 e. The number of rotatable bonds is 4. The molecule has 1 fully saturated rings. The first-order valence-corrected chi connectivity index (χ1v) is 10.1. The predicted octanol–water partition coefficient (Wildman–Crippen LogP) is 5.28. The van der Waals surface area contributed by atoms with Gasteiger partial charge in [-0.1, -0.05) is 41.9 Å². The number of amides is 1. The zero-order chi connectivity index (χ0) is 21.1. The number of ether oxygens (including phenoxy) is 1. The number of hydrogen-bond acceptors (Lipinski definition) is 6. The molecule has 0 unspecified atom stereocenters. The van der Waals surface area contributed by atoms with Gasteiger partial charge in [0, 0.05) is 11.6 Å². The average Bonchev–Trinajstić information content (AvgIpc) is 3.36. The molecule has 0 bridgehead atoms. The molecule has 0 saturated carbocycles. The topological polar surface area (TPSA) is 80.9 Å². The molecule has 4 rings (SSSR count). The number of para-hydroxylation sites is 1. The number of aliphatic imine (C=N–C) groups is 1. The van der Waals surface area contributed by atoms with E-state index in [1.165, 1.54) is 18.9 Å². The predicted molar refractivity (Wildman–Crippen MR) is 118 cm³/mol. The highest BCUT2D eigenvalue weighted by atomic mass is 35.5. The molecule has 1 saturated heterocycles. The van der Waals surface area contributed by atoms with Crippen LogP contribution < -0.4 is 5.32 Å². The summed E-state index contributed by atoms with van der Waals surface area (Å²) in [5.74, 6) is 0.240. The van der Waals surface area contributed by atoms with Gasteiger partial charge < -0.3 is 14.5 Å². The highest BCUT2D eigenvalue weighted by Gasteiger charge is 2.25. The van der Waals surface area contributed by atoms with Crippen LogP contribution in [0.5, 0.6) is 0 Å². The first-order chi connectivity index (χ1) is 14.5. The maximum absolute atomic E-state index is 12.3. The number of carbonyl (C=O) groups is 2. The van der Waals surface area contributed by atoms with Crippen molar-refractivity contribution >= 4 is 52.2 Å². The molecule has 8 heteroatoms. The third-order valence-electron chi connectivity index (χ3n) is 4.22. The van der Waals surface area contributed by atoms with Gasteiger partial charge in [0.05, 0.1) is 28.3 Å². The Labute approximate surface area is 181 Å². The molecule has 3 aromatic rings. The summed E-state index contributed by atoms with van der Waals surface area (Å²) < 4.78 is 10.7. The molecule has 2 heterocycles. The van der Waals surface area contributed by atoms with Crippen molar-refractivity contribution in [3.8, 4) is 11.3 Å². The highest BCUT2D eigenvalue weighted by Crippen LogP contribution is 2.32. The molecule has 0 aliphatic carbocycles. The summed E-state index contributed by atoms with van der Waals surface area (Å²) in [5.41, 5.74) is 1.58. The van der Waals surface area contributed by atoms with Crippen molar-refractivity contribution in [3.63, 3.8) is 0 Å². The number of hydrogen-bond donors (Lipinski definition) is 1. The van der Waals surface area contributed by atoms with E-state index in [0.29, 0.717) is 43.4 Å². The van der Waals surface area contributed by atoms with E-state index < -0.39 is 5.97 Å². The fourth-order valence-corrected chi connectivity index (χ4v) is 3.82. The van der Waals surface area contributed by atoms with Gasteiger partial charge in [-0.3, -0.25) is 4.79 Å². The Hall–Kier alpha value is -3.29. The standard InChI is InChI=1S/C22H15ClN2O4S/c1-28-21(27)15-7-3-2-6-14(15)18-11-10-13(29-18)12-19-20(26)25-22(30-19)24-17-9-5-4-8-16(17)23/h2-12H,1H3,(H,24,25,26)/b19-12+. The van der Waals surface area contributed by atoms with Gasteiger partial charge in [-0.25, -0.2) is 9.79 Å². The number of nitrogens with zero attached hydrogens (tertiary/aromatic N) is 1. The maximum Gasteiger partial charge on any atom is 0.338 e. The van der Waals surface area contributed by atoms with Crippen LogP contribution in [0.4, 0.5) is 5.69 Å². The molecule has 1 N–H and O–H groups in total. The first kappa shape index (κ1) is 20.0. The number of halogens is 1. The van der Waals surface area contributed by atoms with Gasteiger partial charge in [0.1, 0.15) is 11.5 Å². The van der Waals surface area contributed by atoms with Gasteiger partial charge in [0.25, 0.3) is 5.91 Å². The number of carbonyl (C=O) groups excluding carboxylic acids is 2. The second-order valence-electron chi connectivity index (χ2n) is 6.17. The van der Waals surface area contributed by atoms with E-state index in [0.717, 1.165) is 0 Å². The van der Waals surface area contributed by atoms with Crippen LogP contribution in [0, 0.1) is 0 Å². The minimum atomic E-state index is -0.451. The lowest BCUT2D eigenvalue weighted by Gasteiger charge is -2.04. The lowest BCUT2D eigenvalue weighted by atomic mass is 10.1. The summed E-state index contributed by atoms with van der Waals surface area (Å²) in [6, 6.07) is 17.6. The average molecular weight is 439 g/mol. The molecule has 0 atom stereocenters. The van der Waals surface area contributed by atoms with Crippen LogP contribution in [-0.2, 0) is 9.53 Å². The fraction of sp³-hybridized carbons (Fsp3) is 0.0455. The normalized spacial score (nSPS) is 16.1. The van der Waals surface area contributed by atoms with E-state index in [1.54, 1.807) is 54.6 Å². The van der Waals surface area contributed by atoms with E-state index in [9.17, 15) is 9.59 Å². The van der Waals surface area contributed by atoms with Crippen LogP contribution in [0.3, 0.4) is 0 Å². The molecule has 1 aliphatic rings. The van der Waals surface area contributed by atoms with E-state index in [1.807, 2.05) is 12.1 Å². The van der Waals surface area contributed by atoms with Crippen LogP contribution in [0.1, 0.15) is 16.1 Å². The summed E-state index contributed by atoms with van der Waals surface area (Å²) in [4.78, 5) is 29.1. The number of thioether (sulfide) groups is 1. The van der Waals surface area contributed by atoms with Crippen molar-refractivity contribution in [2.45, 2.75) is 0 Å². The summed E-state index contributed by atoms with van der Waals surface area (Å²) in [6.07, 6.45) is 1.62. The number of amidine groups is 1. The Morgan fingerprint density at radius 3 is 2.70 bits per heavy atom. The molecule has 1 aromatic heterocycles. The molecule has 2 aromatic carbocycles. The zero-order valence-corrected chi connectivity index (χ0v) is 17.3. The van der Waals surface area contributed by atoms with Crippen LogP contribution in [-0.4, -0.2) is 24.2 Å². The number of benzene rings is 2. The minimum absolute atomic E-state index is 0.279. The Balaban J connectivity index is 1.59. The number of nitrogens with one attached hydrogen (secondary N) is 1. The lowest BCUT2D eigenvalue weighted by molar-refractivity contribution is -0.115. The van der Waals surface area contributed by atoms with E-state index >= 15 is 0 Å². The van der Waals surface area contributed by atoms with Gasteiger partial charge in [0.15, 0.2) is 5.17 Å². The number of methoxy groups -OCH3 is 1. The Morgan fingerprint density at radius 1 is 1.13 bits per heavy atom. The number of furan rings is 1. The van der Waals surface area contributed by atoms with Gasteiger partial charge in [-0.15, -0.1) is 0 Å². The van der Waals surface area contributed by atoms with Crippen molar-refractivity contribution < 1.29 is 18.7 Å². The zero-order valence-electron chi connectivity index (χ0n) is 15.7. The SMILES string of the molecule is COC(=O)c1ccccc1-c1ccc(/C=C2/SC(=Nc3ccccc3Cl)NC2=O)o1. The first-order valence-electron chi connectivity index (χ1n) is 8.87. The quantitative estimate of drug-likeness (QED) is 0.443. The maximum atomic E-state index is 12.3. The molecule has 30 heavy (non-hydrogen) atoms. The molecular weight excluding hydrogens is 424 g/mol. The van der Waals surface area contributed by atoms with Gasteiger partial charge in [0.2, 0.25) is 0 Å². The monoisotopic (exact) mass is 438 g/mol. The summed E-state index contributed by atoms with van der Waals surface area (Å²) in [6.45, 7) is 0. The smallest absolute Gasteiger partial charge is 0.338 e. The lowest BCUT2D eigenvalue weighted by Crippen LogP contribution is -2.19. The van der Waals surface area contributed by atoms with E-state index in [4.69, 9.17) is 20.8 Å². The van der Waals surface area contributed by atoms with Crippen LogP contribution >= 0.6 is 23.4 Å². The van der Waals surface area contributed by atoms with Gasteiger partial charge in [-0.05, 0) is 42.1 Å². The van der Waals surface area contributed by atoms with Crippen molar-refractivity contribution in [2.24, 2.45) is 4.99 Å². The number of esters is 1. The molecule has 6 nitrogen and oxygen atoms in total. The van der Waals surface area contributed by atoms with E-state index in [2.05, 4.69) is 10.3 Å². The van der Waals surface area contributed by atoms with Crippen molar-refractivity contribution in [3.05, 3.63) is 81.9 Å².